The van der Waals surface area contributed by atoms with Crippen LogP contribution in [0.25, 0.3) is 39.7 Å². The first-order valence-electron chi connectivity index (χ1n) is 11.3. The highest BCUT2D eigenvalue weighted by Crippen LogP contribution is 2.33. The summed E-state index contributed by atoms with van der Waals surface area (Å²) in [5, 5.41) is 0. The van der Waals surface area contributed by atoms with E-state index in [1.807, 2.05) is 42.6 Å². The molecule has 5 heteroatoms. The van der Waals surface area contributed by atoms with E-state index in [4.69, 9.17) is 9.97 Å². The average Bonchev–Trinajstić information content (AvgIpc) is 3.23. The summed E-state index contributed by atoms with van der Waals surface area (Å²) in [5.41, 5.74) is 8.29. The highest BCUT2D eigenvalue weighted by atomic mass is 15.1. The van der Waals surface area contributed by atoms with Crippen LogP contribution in [0.1, 0.15) is 18.1 Å². The van der Waals surface area contributed by atoms with E-state index in [0.717, 1.165) is 46.8 Å². The standard InChI is InChI=1S/C28H27N5/c1-4-20-10-12-22(13-11-20)26-27(33-17-15-21(19-32(2)3)18-25(33)31-26)24-14-16-29-28(30-24)23-8-6-5-7-9-23/h5-18H,4,19H2,1-3H3. The van der Waals surface area contributed by atoms with Gasteiger partial charge in [-0.05, 0) is 49.8 Å². The van der Waals surface area contributed by atoms with Gasteiger partial charge in [0.15, 0.2) is 5.82 Å². The van der Waals surface area contributed by atoms with E-state index in [1.54, 1.807) is 0 Å². The molecule has 3 heterocycles. The Hall–Kier alpha value is -3.83. The Bertz CT molecular complexity index is 1390. The largest absolute Gasteiger partial charge is 0.305 e. The highest BCUT2D eigenvalue weighted by molar-refractivity contribution is 5.81. The second-order valence-corrected chi connectivity index (χ2v) is 8.49. The van der Waals surface area contributed by atoms with Crippen molar-refractivity contribution in [2.45, 2.75) is 19.9 Å². The van der Waals surface area contributed by atoms with Gasteiger partial charge in [0.2, 0.25) is 0 Å². The predicted molar refractivity (Wildman–Crippen MR) is 134 cm³/mol. The molecule has 0 atom stereocenters. The van der Waals surface area contributed by atoms with Crippen molar-refractivity contribution in [3.8, 4) is 34.0 Å². The molecule has 0 saturated heterocycles. The zero-order chi connectivity index (χ0) is 22.8. The second kappa shape index (κ2) is 8.96. The van der Waals surface area contributed by atoms with Gasteiger partial charge in [0.25, 0.3) is 0 Å². The zero-order valence-corrected chi connectivity index (χ0v) is 19.2. The number of rotatable bonds is 6. The molecule has 0 amide bonds. The lowest BCUT2D eigenvalue weighted by atomic mass is 10.0. The van der Waals surface area contributed by atoms with Gasteiger partial charge in [-0.2, -0.15) is 0 Å². The van der Waals surface area contributed by atoms with Gasteiger partial charge in [0.05, 0.1) is 17.1 Å². The molecule has 0 unspecified atom stereocenters. The van der Waals surface area contributed by atoms with Crippen LogP contribution in [0.5, 0.6) is 0 Å². The molecule has 5 nitrogen and oxygen atoms in total. The maximum atomic E-state index is 5.07. The Morgan fingerprint density at radius 2 is 1.61 bits per heavy atom. The van der Waals surface area contributed by atoms with E-state index >= 15 is 0 Å². The topological polar surface area (TPSA) is 46.3 Å². The van der Waals surface area contributed by atoms with Crippen LogP contribution in [0.2, 0.25) is 0 Å². The van der Waals surface area contributed by atoms with Crippen molar-refractivity contribution in [2.75, 3.05) is 14.1 Å². The number of fused-ring (bicyclic) bond motifs is 1. The minimum atomic E-state index is 0.708. The Labute approximate surface area is 194 Å². The van der Waals surface area contributed by atoms with Crippen molar-refractivity contribution < 1.29 is 0 Å². The van der Waals surface area contributed by atoms with Crippen LogP contribution in [0, 0.1) is 0 Å². The molecule has 0 aliphatic rings. The summed E-state index contributed by atoms with van der Waals surface area (Å²) in [4.78, 5) is 16.7. The number of hydrogen-bond acceptors (Lipinski definition) is 4. The maximum Gasteiger partial charge on any atom is 0.159 e. The van der Waals surface area contributed by atoms with Gasteiger partial charge in [-0.25, -0.2) is 15.0 Å². The minimum Gasteiger partial charge on any atom is -0.305 e. The summed E-state index contributed by atoms with van der Waals surface area (Å²) in [6.07, 6.45) is 4.94. The first-order valence-corrected chi connectivity index (χ1v) is 11.3. The van der Waals surface area contributed by atoms with Crippen molar-refractivity contribution in [1.29, 1.82) is 0 Å². The van der Waals surface area contributed by atoms with E-state index in [1.165, 1.54) is 11.1 Å². The van der Waals surface area contributed by atoms with Gasteiger partial charge in [-0.15, -0.1) is 0 Å². The molecule has 5 rings (SSSR count). The summed E-state index contributed by atoms with van der Waals surface area (Å²) in [5.74, 6) is 0.708. The molecule has 0 spiro atoms. The van der Waals surface area contributed by atoms with Crippen LogP contribution in [0.3, 0.4) is 0 Å². The second-order valence-electron chi connectivity index (χ2n) is 8.49. The number of pyridine rings is 1. The van der Waals surface area contributed by atoms with Gasteiger partial charge in [0, 0.05) is 30.1 Å². The summed E-state index contributed by atoms with van der Waals surface area (Å²) in [6, 6.07) is 25.0. The average molecular weight is 434 g/mol. The van der Waals surface area contributed by atoms with Crippen LogP contribution in [-0.2, 0) is 13.0 Å². The molecule has 2 aromatic carbocycles. The van der Waals surface area contributed by atoms with Crippen LogP contribution in [0.4, 0.5) is 0 Å². The molecule has 3 aromatic heterocycles. The monoisotopic (exact) mass is 433 g/mol. The fourth-order valence-corrected chi connectivity index (χ4v) is 4.11. The van der Waals surface area contributed by atoms with Crippen LogP contribution in [-0.4, -0.2) is 38.3 Å². The Balaban J connectivity index is 1.70. The van der Waals surface area contributed by atoms with Gasteiger partial charge in [-0.1, -0.05) is 61.5 Å². The van der Waals surface area contributed by atoms with E-state index in [0.29, 0.717) is 5.82 Å². The van der Waals surface area contributed by atoms with Crippen molar-refractivity contribution in [3.05, 3.63) is 96.3 Å². The maximum absolute atomic E-state index is 5.07. The third-order valence-corrected chi connectivity index (χ3v) is 5.76. The minimum absolute atomic E-state index is 0.708. The smallest absolute Gasteiger partial charge is 0.159 e. The lowest BCUT2D eigenvalue weighted by molar-refractivity contribution is 0.402. The normalized spacial score (nSPS) is 11.4. The fraction of sp³-hybridized carbons (Fsp3) is 0.179. The zero-order valence-electron chi connectivity index (χ0n) is 19.2. The van der Waals surface area contributed by atoms with Crippen molar-refractivity contribution in [1.82, 2.24) is 24.3 Å². The molecule has 0 radical (unpaired) electrons. The molecule has 0 fully saturated rings. The van der Waals surface area contributed by atoms with Gasteiger partial charge >= 0.3 is 0 Å². The molecule has 0 saturated carbocycles. The first kappa shape index (κ1) is 21.0. The fourth-order valence-electron chi connectivity index (χ4n) is 4.11. The van der Waals surface area contributed by atoms with Crippen molar-refractivity contribution >= 4 is 5.65 Å². The number of aryl methyl sites for hydroxylation is 1. The number of benzene rings is 2. The molecule has 0 bridgehead atoms. The third-order valence-electron chi connectivity index (χ3n) is 5.76. The summed E-state index contributed by atoms with van der Waals surface area (Å²) < 4.78 is 2.14. The van der Waals surface area contributed by atoms with Crippen LogP contribution in [0.15, 0.2) is 85.2 Å². The SMILES string of the molecule is CCc1ccc(-c2nc3cc(CN(C)C)ccn3c2-c2ccnc(-c3ccccc3)n2)cc1. The molecule has 5 aromatic rings. The molecule has 0 aliphatic heterocycles. The lowest BCUT2D eigenvalue weighted by Gasteiger charge is -2.10. The number of hydrogen-bond donors (Lipinski definition) is 0. The van der Waals surface area contributed by atoms with Gasteiger partial charge < -0.3 is 4.90 Å². The predicted octanol–water partition coefficient (Wildman–Crippen LogP) is 5.75. The van der Waals surface area contributed by atoms with Crippen molar-refractivity contribution in [2.24, 2.45) is 0 Å². The first-order chi connectivity index (χ1) is 16.1. The van der Waals surface area contributed by atoms with E-state index in [9.17, 15) is 0 Å². The lowest BCUT2D eigenvalue weighted by Crippen LogP contribution is -2.10. The molecule has 33 heavy (non-hydrogen) atoms. The number of nitrogens with zero attached hydrogens (tertiary/aromatic N) is 5. The summed E-state index contributed by atoms with van der Waals surface area (Å²) in [7, 11) is 4.15. The summed E-state index contributed by atoms with van der Waals surface area (Å²) >= 11 is 0. The Morgan fingerprint density at radius 3 is 2.33 bits per heavy atom. The van der Waals surface area contributed by atoms with E-state index in [2.05, 4.69) is 77.9 Å². The molecular weight excluding hydrogens is 406 g/mol. The van der Waals surface area contributed by atoms with Crippen LogP contribution >= 0.6 is 0 Å². The Kier molecular flexibility index (Phi) is 5.71. The van der Waals surface area contributed by atoms with Crippen LogP contribution < -0.4 is 0 Å². The van der Waals surface area contributed by atoms with Gasteiger partial charge in [-0.3, -0.25) is 4.40 Å². The highest BCUT2D eigenvalue weighted by Gasteiger charge is 2.18. The van der Waals surface area contributed by atoms with Gasteiger partial charge in [0.1, 0.15) is 5.65 Å². The molecular formula is C28H27N5. The van der Waals surface area contributed by atoms with E-state index in [-0.39, 0.29) is 0 Å². The van der Waals surface area contributed by atoms with E-state index < -0.39 is 0 Å². The quantitative estimate of drug-likeness (QED) is 0.342. The third kappa shape index (κ3) is 4.28. The number of imidazole rings is 1. The Morgan fingerprint density at radius 1 is 0.818 bits per heavy atom. The molecule has 0 aliphatic carbocycles. The summed E-state index contributed by atoms with van der Waals surface area (Å²) in [6.45, 7) is 3.04. The molecule has 164 valence electrons. The number of aromatic nitrogens is 4. The molecule has 0 N–H and O–H groups in total. The van der Waals surface area contributed by atoms with Crippen molar-refractivity contribution in [3.63, 3.8) is 0 Å².